The smallest absolute Gasteiger partial charge is 0.191 e. The fraction of sp³-hybridized carbons (Fsp3) is 0.632. The van der Waals surface area contributed by atoms with E-state index in [4.69, 9.17) is 0 Å². The van der Waals surface area contributed by atoms with Gasteiger partial charge in [-0.3, -0.25) is 4.99 Å². The van der Waals surface area contributed by atoms with Crippen LogP contribution in [-0.4, -0.2) is 38.0 Å². The fourth-order valence-corrected chi connectivity index (χ4v) is 2.47. The zero-order chi connectivity index (χ0) is 17.2. The first-order valence-electron chi connectivity index (χ1n) is 8.60. The molecule has 0 aliphatic carbocycles. The molecule has 0 aliphatic heterocycles. The van der Waals surface area contributed by atoms with Crippen LogP contribution in [0.15, 0.2) is 29.3 Å². The van der Waals surface area contributed by atoms with E-state index in [2.05, 4.69) is 79.7 Å². The van der Waals surface area contributed by atoms with Crippen molar-refractivity contribution in [2.24, 2.45) is 10.9 Å². The number of rotatable bonds is 8. The van der Waals surface area contributed by atoms with Crippen LogP contribution in [0, 0.1) is 5.92 Å². The van der Waals surface area contributed by atoms with Gasteiger partial charge in [0.05, 0.1) is 0 Å². The van der Waals surface area contributed by atoms with Crippen LogP contribution in [0.4, 0.5) is 0 Å². The lowest BCUT2D eigenvalue weighted by Gasteiger charge is -2.19. The first kappa shape index (κ1) is 19.5. The van der Waals surface area contributed by atoms with Gasteiger partial charge in [0.1, 0.15) is 0 Å². The molecule has 2 N–H and O–H groups in total. The SMILES string of the molecule is CN=C(NCc1cccc(CN(C)C)c1)NC(C)CCC(C)C. The summed E-state index contributed by atoms with van der Waals surface area (Å²) in [5.41, 5.74) is 2.62. The molecule has 0 spiro atoms. The van der Waals surface area contributed by atoms with Gasteiger partial charge in [-0.1, -0.05) is 38.1 Å². The largest absolute Gasteiger partial charge is 0.354 e. The van der Waals surface area contributed by atoms with Crippen molar-refractivity contribution >= 4 is 5.96 Å². The Morgan fingerprint density at radius 3 is 2.43 bits per heavy atom. The molecular weight excluding hydrogens is 284 g/mol. The van der Waals surface area contributed by atoms with Crippen molar-refractivity contribution in [1.29, 1.82) is 0 Å². The van der Waals surface area contributed by atoms with Crippen LogP contribution in [0.5, 0.6) is 0 Å². The Labute approximate surface area is 142 Å². The van der Waals surface area contributed by atoms with Gasteiger partial charge in [0.25, 0.3) is 0 Å². The van der Waals surface area contributed by atoms with E-state index in [1.54, 1.807) is 0 Å². The van der Waals surface area contributed by atoms with Crippen LogP contribution < -0.4 is 10.6 Å². The zero-order valence-corrected chi connectivity index (χ0v) is 15.7. The van der Waals surface area contributed by atoms with Crippen molar-refractivity contribution in [3.63, 3.8) is 0 Å². The molecule has 1 rings (SSSR count). The van der Waals surface area contributed by atoms with Gasteiger partial charge in [0.2, 0.25) is 0 Å². The number of nitrogens with zero attached hydrogens (tertiary/aromatic N) is 2. The minimum absolute atomic E-state index is 0.434. The molecular formula is C19H34N4. The Morgan fingerprint density at radius 1 is 1.13 bits per heavy atom. The van der Waals surface area contributed by atoms with Gasteiger partial charge in [-0.05, 0) is 50.9 Å². The van der Waals surface area contributed by atoms with Crippen molar-refractivity contribution in [2.75, 3.05) is 21.1 Å². The van der Waals surface area contributed by atoms with Crippen LogP contribution in [0.2, 0.25) is 0 Å². The standard InChI is InChI=1S/C19H34N4/c1-15(2)10-11-16(3)22-19(20-4)21-13-17-8-7-9-18(12-17)14-23(5)6/h7-9,12,15-16H,10-11,13-14H2,1-6H3,(H2,20,21,22). The third kappa shape index (κ3) is 8.60. The van der Waals surface area contributed by atoms with Gasteiger partial charge in [0.15, 0.2) is 5.96 Å². The Hall–Kier alpha value is -1.55. The minimum Gasteiger partial charge on any atom is -0.354 e. The third-order valence-corrected chi connectivity index (χ3v) is 3.73. The lowest BCUT2D eigenvalue weighted by Crippen LogP contribution is -2.41. The van der Waals surface area contributed by atoms with Crippen molar-refractivity contribution in [1.82, 2.24) is 15.5 Å². The average molecular weight is 319 g/mol. The van der Waals surface area contributed by atoms with Gasteiger partial charge < -0.3 is 15.5 Å². The van der Waals surface area contributed by atoms with E-state index in [0.29, 0.717) is 6.04 Å². The maximum atomic E-state index is 4.33. The van der Waals surface area contributed by atoms with E-state index in [0.717, 1.165) is 31.4 Å². The van der Waals surface area contributed by atoms with E-state index in [1.165, 1.54) is 17.5 Å². The quantitative estimate of drug-likeness (QED) is 0.571. The van der Waals surface area contributed by atoms with Crippen molar-refractivity contribution in [3.05, 3.63) is 35.4 Å². The summed E-state index contributed by atoms with van der Waals surface area (Å²) in [7, 11) is 6.01. The van der Waals surface area contributed by atoms with E-state index in [1.807, 2.05) is 7.05 Å². The molecule has 0 aliphatic rings. The molecule has 0 saturated heterocycles. The van der Waals surface area contributed by atoms with Crippen LogP contribution in [-0.2, 0) is 13.1 Å². The lowest BCUT2D eigenvalue weighted by atomic mass is 10.0. The molecule has 4 nitrogen and oxygen atoms in total. The van der Waals surface area contributed by atoms with E-state index >= 15 is 0 Å². The number of hydrogen-bond donors (Lipinski definition) is 2. The number of nitrogens with one attached hydrogen (secondary N) is 2. The molecule has 1 unspecified atom stereocenters. The van der Waals surface area contributed by atoms with Crippen LogP contribution in [0.1, 0.15) is 44.7 Å². The molecule has 1 aromatic carbocycles. The molecule has 4 heteroatoms. The lowest BCUT2D eigenvalue weighted by molar-refractivity contribution is 0.402. The first-order chi connectivity index (χ1) is 10.9. The fourth-order valence-electron chi connectivity index (χ4n) is 2.47. The molecule has 1 aromatic rings. The third-order valence-electron chi connectivity index (χ3n) is 3.73. The molecule has 0 radical (unpaired) electrons. The Balaban J connectivity index is 2.48. The second-order valence-corrected chi connectivity index (χ2v) is 7.00. The predicted molar refractivity (Wildman–Crippen MR) is 101 cm³/mol. The van der Waals surface area contributed by atoms with Gasteiger partial charge in [-0.25, -0.2) is 0 Å². The topological polar surface area (TPSA) is 39.7 Å². The number of guanidine groups is 1. The van der Waals surface area contributed by atoms with Gasteiger partial charge >= 0.3 is 0 Å². The first-order valence-corrected chi connectivity index (χ1v) is 8.60. The normalized spacial score (nSPS) is 13.5. The molecule has 0 bridgehead atoms. The summed E-state index contributed by atoms with van der Waals surface area (Å²) in [6.45, 7) is 8.50. The zero-order valence-electron chi connectivity index (χ0n) is 15.7. The summed E-state index contributed by atoms with van der Waals surface area (Å²) in [6, 6.07) is 9.13. The summed E-state index contributed by atoms with van der Waals surface area (Å²) in [5, 5.41) is 6.88. The maximum absolute atomic E-state index is 4.33. The summed E-state index contributed by atoms with van der Waals surface area (Å²) in [6.07, 6.45) is 2.40. The molecule has 0 saturated carbocycles. The Kier molecular flexibility index (Phi) is 8.70. The Bertz CT molecular complexity index is 480. The number of aliphatic imine (C=N–C) groups is 1. The minimum atomic E-state index is 0.434. The average Bonchev–Trinajstić information content (AvgIpc) is 2.49. The van der Waals surface area contributed by atoms with Crippen molar-refractivity contribution in [2.45, 2.75) is 52.7 Å². The highest BCUT2D eigenvalue weighted by molar-refractivity contribution is 5.79. The second-order valence-electron chi connectivity index (χ2n) is 7.00. The van der Waals surface area contributed by atoms with Crippen molar-refractivity contribution in [3.8, 4) is 0 Å². The van der Waals surface area contributed by atoms with Gasteiger partial charge in [-0.2, -0.15) is 0 Å². The highest BCUT2D eigenvalue weighted by Crippen LogP contribution is 2.08. The summed E-state index contributed by atoms with van der Waals surface area (Å²) in [4.78, 5) is 6.51. The number of hydrogen-bond acceptors (Lipinski definition) is 2. The molecule has 0 aromatic heterocycles. The molecule has 130 valence electrons. The van der Waals surface area contributed by atoms with Crippen LogP contribution in [0.3, 0.4) is 0 Å². The maximum Gasteiger partial charge on any atom is 0.191 e. The summed E-state index contributed by atoms with van der Waals surface area (Å²) in [5.74, 6) is 1.62. The monoisotopic (exact) mass is 318 g/mol. The molecule has 0 fully saturated rings. The van der Waals surface area contributed by atoms with E-state index in [9.17, 15) is 0 Å². The molecule has 1 atom stereocenters. The number of benzene rings is 1. The molecule has 0 heterocycles. The van der Waals surface area contributed by atoms with Gasteiger partial charge in [0, 0.05) is 26.2 Å². The van der Waals surface area contributed by atoms with Crippen LogP contribution >= 0.6 is 0 Å². The predicted octanol–water partition coefficient (Wildman–Crippen LogP) is 3.24. The van der Waals surface area contributed by atoms with Gasteiger partial charge in [-0.15, -0.1) is 0 Å². The highest BCUT2D eigenvalue weighted by Gasteiger charge is 2.06. The van der Waals surface area contributed by atoms with Crippen molar-refractivity contribution < 1.29 is 0 Å². The summed E-state index contributed by atoms with van der Waals surface area (Å²) >= 11 is 0. The molecule has 23 heavy (non-hydrogen) atoms. The van der Waals surface area contributed by atoms with E-state index < -0.39 is 0 Å². The van der Waals surface area contributed by atoms with Crippen LogP contribution in [0.25, 0.3) is 0 Å². The summed E-state index contributed by atoms with van der Waals surface area (Å²) < 4.78 is 0. The van der Waals surface area contributed by atoms with E-state index in [-0.39, 0.29) is 0 Å². The Morgan fingerprint density at radius 2 is 1.83 bits per heavy atom. The molecule has 0 amide bonds. The second kappa shape index (κ2) is 10.3. The highest BCUT2D eigenvalue weighted by atomic mass is 15.2.